The van der Waals surface area contributed by atoms with Gasteiger partial charge in [0.2, 0.25) is 15.1 Å². The molecule has 31 heavy (non-hydrogen) atoms. The van der Waals surface area contributed by atoms with Gasteiger partial charge >= 0.3 is 0 Å². The summed E-state index contributed by atoms with van der Waals surface area (Å²) in [7, 11) is -0.149. The van der Waals surface area contributed by atoms with Crippen LogP contribution in [0, 0.1) is 0 Å². The predicted molar refractivity (Wildman–Crippen MR) is 124 cm³/mol. The number of amides is 1. The molecule has 7 heteroatoms. The minimum absolute atomic E-state index is 0.0332. The third kappa shape index (κ3) is 4.85. The van der Waals surface area contributed by atoms with E-state index in [2.05, 4.69) is 15.3 Å². The summed E-state index contributed by atoms with van der Waals surface area (Å²) in [6.07, 6.45) is 1.63. The van der Waals surface area contributed by atoms with Crippen molar-refractivity contribution in [3.63, 3.8) is 0 Å². The van der Waals surface area contributed by atoms with E-state index < -0.39 is 14.6 Å². The van der Waals surface area contributed by atoms with E-state index in [9.17, 15) is 9.59 Å². The Morgan fingerprint density at radius 2 is 1.87 bits per heavy atom. The van der Waals surface area contributed by atoms with E-state index in [1.54, 1.807) is 7.11 Å². The van der Waals surface area contributed by atoms with Crippen molar-refractivity contribution >= 4 is 20.9 Å². The molecule has 2 aromatic carbocycles. The highest BCUT2D eigenvalue weighted by molar-refractivity contribution is 6.45. The third-order valence-electron chi connectivity index (χ3n) is 5.65. The first-order valence-electron chi connectivity index (χ1n) is 10.4. The number of carbonyl (C=O) groups excluding carboxylic acids is 1. The monoisotopic (exact) mass is 433 g/mol. The molecule has 0 radical (unpaired) electrons. The second-order valence-electron chi connectivity index (χ2n) is 7.93. The van der Waals surface area contributed by atoms with Gasteiger partial charge in [-0.1, -0.05) is 42.5 Å². The Labute approximate surface area is 184 Å². The molecule has 160 valence electrons. The van der Waals surface area contributed by atoms with Crippen molar-refractivity contribution in [1.29, 1.82) is 0 Å². The second-order valence-corrected chi connectivity index (χ2v) is 9.69. The Bertz CT molecular complexity index is 1070. The van der Waals surface area contributed by atoms with Gasteiger partial charge in [0.25, 0.3) is 0 Å². The minimum Gasteiger partial charge on any atom is -0.497 e. The maximum atomic E-state index is 13.1. The zero-order valence-electron chi connectivity index (χ0n) is 17.8. The molecule has 4 rings (SSSR count). The highest BCUT2D eigenvalue weighted by Gasteiger charge is 2.51. The lowest BCUT2D eigenvalue weighted by atomic mass is 9.94. The molecule has 0 bridgehead atoms. The van der Waals surface area contributed by atoms with Crippen molar-refractivity contribution in [3.8, 4) is 17.0 Å². The Balaban J connectivity index is 1.48. The van der Waals surface area contributed by atoms with Gasteiger partial charge in [0.1, 0.15) is 11.6 Å². The number of rotatable bonds is 8. The summed E-state index contributed by atoms with van der Waals surface area (Å²) in [6.45, 7) is 2.48. The van der Waals surface area contributed by atoms with Crippen LogP contribution in [0.5, 0.6) is 5.75 Å². The number of anilines is 1. The summed E-state index contributed by atoms with van der Waals surface area (Å²) in [5.74, 6) is 1.27. The number of hydrogen-bond acceptors (Lipinski definition) is 5. The molecule has 1 aromatic heterocycles. The standard InChI is InChI=1S/C24H27N3O3Si/c1-30-20-6-3-5-19(15-20)24(13-14-24)23(28)27-22-8-4-7-21(26-22)18-11-9-17(10-12-18)16-25-31(2)29/h3-12,15,25,29,31H,13-14,16H2,1-2H3,(H,26,27,28). The number of aromatic nitrogens is 1. The van der Waals surface area contributed by atoms with Crippen molar-refractivity contribution in [2.24, 2.45) is 0 Å². The average molecular weight is 434 g/mol. The van der Waals surface area contributed by atoms with E-state index >= 15 is 0 Å². The molecule has 3 aromatic rings. The lowest BCUT2D eigenvalue weighted by Gasteiger charge is -2.16. The summed E-state index contributed by atoms with van der Waals surface area (Å²) in [6, 6.07) is 21.4. The van der Waals surface area contributed by atoms with Crippen molar-refractivity contribution in [3.05, 3.63) is 77.9 Å². The Kier molecular flexibility index (Phi) is 6.17. The number of hydrogen-bond donors (Lipinski definition) is 3. The summed E-state index contributed by atoms with van der Waals surface area (Å²) in [4.78, 5) is 30.4. The Morgan fingerprint density at radius 1 is 1.13 bits per heavy atom. The van der Waals surface area contributed by atoms with Gasteiger partial charge in [0, 0.05) is 12.1 Å². The molecule has 1 aliphatic rings. The van der Waals surface area contributed by atoms with Crippen molar-refractivity contribution in [2.45, 2.75) is 31.3 Å². The fraction of sp³-hybridized carbons (Fsp3) is 0.250. The normalized spacial score (nSPS) is 15.2. The topological polar surface area (TPSA) is 83.5 Å². The fourth-order valence-corrected chi connectivity index (χ4v) is 4.18. The number of pyridine rings is 1. The molecule has 1 saturated carbocycles. The van der Waals surface area contributed by atoms with Crippen LogP contribution in [-0.4, -0.2) is 32.0 Å². The van der Waals surface area contributed by atoms with Gasteiger partial charge in [-0.15, -0.1) is 0 Å². The van der Waals surface area contributed by atoms with Crippen LogP contribution >= 0.6 is 0 Å². The molecule has 6 nitrogen and oxygen atoms in total. The molecule has 0 spiro atoms. The van der Waals surface area contributed by atoms with E-state index in [1.807, 2.05) is 73.3 Å². The number of carbonyl (C=O) groups is 1. The first-order chi connectivity index (χ1) is 15.0. The van der Waals surface area contributed by atoms with Gasteiger partial charge in [-0.05, 0) is 54.8 Å². The summed E-state index contributed by atoms with van der Waals surface area (Å²) < 4.78 is 5.32. The number of ether oxygens (including phenoxy) is 1. The number of nitrogens with one attached hydrogen (secondary N) is 2. The molecular weight excluding hydrogens is 406 g/mol. The Hall–Kier alpha value is -3.00. The van der Waals surface area contributed by atoms with Gasteiger partial charge in [0.05, 0.1) is 18.2 Å². The van der Waals surface area contributed by atoms with E-state index in [-0.39, 0.29) is 5.91 Å². The quantitative estimate of drug-likeness (QED) is 0.475. The average Bonchev–Trinajstić information content (AvgIpc) is 3.60. The van der Waals surface area contributed by atoms with E-state index in [0.29, 0.717) is 12.4 Å². The van der Waals surface area contributed by atoms with Gasteiger partial charge in [-0.2, -0.15) is 0 Å². The van der Waals surface area contributed by atoms with Crippen molar-refractivity contribution < 1.29 is 14.3 Å². The molecule has 1 fully saturated rings. The van der Waals surface area contributed by atoms with Crippen LogP contribution in [0.1, 0.15) is 24.0 Å². The van der Waals surface area contributed by atoms with Crippen LogP contribution in [0.25, 0.3) is 11.3 Å². The van der Waals surface area contributed by atoms with Crippen LogP contribution in [-0.2, 0) is 16.8 Å². The smallest absolute Gasteiger partial charge is 0.246 e. The van der Waals surface area contributed by atoms with Gasteiger partial charge < -0.3 is 19.8 Å². The highest BCUT2D eigenvalue weighted by atomic mass is 28.3. The van der Waals surface area contributed by atoms with Crippen molar-refractivity contribution in [1.82, 2.24) is 9.97 Å². The van der Waals surface area contributed by atoms with E-state index in [1.165, 1.54) is 0 Å². The highest BCUT2D eigenvalue weighted by Crippen LogP contribution is 2.49. The molecule has 0 aliphatic heterocycles. The zero-order chi connectivity index (χ0) is 21.8. The van der Waals surface area contributed by atoms with Crippen LogP contribution in [0.15, 0.2) is 66.7 Å². The minimum atomic E-state index is -1.78. The van der Waals surface area contributed by atoms with E-state index in [4.69, 9.17) is 4.74 Å². The molecule has 1 atom stereocenters. The number of methoxy groups -OCH3 is 1. The fourth-order valence-electron chi connectivity index (χ4n) is 3.65. The van der Waals surface area contributed by atoms with Crippen LogP contribution in [0.4, 0.5) is 5.82 Å². The molecule has 1 unspecified atom stereocenters. The van der Waals surface area contributed by atoms with Gasteiger partial charge in [-0.25, -0.2) is 4.98 Å². The lowest BCUT2D eigenvalue weighted by molar-refractivity contribution is -0.118. The molecule has 0 saturated heterocycles. The maximum absolute atomic E-state index is 13.1. The molecule has 1 aliphatic carbocycles. The van der Waals surface area contributed by atoms with Crippen LogP contribution in [0.3, 0.4) is 0 Å². The Morgan fingerprint density at radius 3 is 2.55 bits per heavy atom. The number of benzene rings is 2. The molecule has 3 N–H and O–H groups in total. The van der Waals surface area contributed by atoms with Crippen LogP contribution < -0.4 is 15.0 Å². The van der Waals surface area contributed by atoms with E-state index in [0.717, 1.165) is 41.0 Å². The maximum Gasteiger partial charge on any atom is 0.246 e. The first-order valence-corrected chi connectivity index (χ1v) is 12.7. The summed E-state index contributed by atoms with van der Waals surface area (Å²) >= 11 is 0. The largest absolute Gasteiger partial charge is 0.497 e. The van der Waals surface area contributed by atoms with Crippen LogP contribution in [0.2, 0.25) is 6.55 Å². The molecule has 1 amide bonds. The molecular formula is C24H27N3O3Si. The van der Waals surface area contributed by atoms with Gasteiger partial charge in [0.15, 0.2) is 0 Å². The lowest BCUT2D eigenvalue weighted by Crippen LogP contribution is -2.29. The zero-order valence-corrected chi connectivity index (χ0v) is 18.9. The second kappa shape index (κ2) is 9.01. The predicted octanol–water partition coefficient (Wildman–Crippen LogP) is 3.36. The summed E-state index contributed by atoms with van der Waals surface area (Å²) in [5, 5.41) is 3.01. The molecule has 1 heterocycles. The van der Waals surface area contributed by atoms with Gasteiger partial charge in [-0.3, -0.25) is 4.79 Å². The SMILES string of the molecule is COc1cccc(C2(C(=O)Nc3cccc(-c4ccc(CN[SiH](C)O)cc4)n3)CC2)c1. The van der Waals surface area contributed by atoms with Crippen molar-refractivity contribution in [2.75, 3.05) is 12.4 Å². The third-order valence-corrected chi connectivity index (χ3v) is 6.44. The summed E-state index contributed by atoms with van der Waals surface area (Å²) in [5.41, 5.74) is 3.35. The number of nitrogens with zero attached hydrogens (tertiary/aromatic N) is 1. The first kappa shape index (κ1) is 21.2.